The minimum Gasteiger partial charge on any atom is -0.348 e. The number of nitrogens with one attached hydrogen (secondary N) is 2. The molecular weight excluding hydrogens is 232 g/mol. The van der Waals surface area contributed by atoms with Crippen LogP contribution in [-0.2, 0) is 9.59 Å². The Labute approximate surface area is 107 Å². The first kappa shape index (κ1) is 13.0. The van der Waals surface area contributed by atoms with Gasteiger partial charge in [-0.1, -0.05) is 6.92 Å². The monoisotopic (exact) mass is 252 g/mol. The van der Waals surface area contributed by atoms with E-state index in [0.717, 1.165) is 19.5 Å². The molecule has 0 aromatic heterocycles. The minimum atomic E-state index is -0.142. The van der Waals surface area contributed by atoms with Crippen LogP contribution in [0.3, 0.4) is 0 Å². The lowest BCUT2D eigenvalue weighted by atomic mass is 9.94. The molecule has 2 aliphatic rings. The summed E-state index contributed by atoms with van der Waals surface area (Å²) >= 11 is 0. The van der Waals surface area contributed by atoms with Crippen LogP contribution in [0.5, 0.6) is 0 Å². The van der Waals surface area contributed by atoms with Crippen LogP contribution in [0.4, 0.5) is 0 Å². The molecule has 0 aromatic rings. The molecular formula is C12H20N4O2. The number of nitrogens with zero attached hydrogens (tertiary/aromatic N) is 2. The molecule has 2 heterocycles. The Bertz CT molecular complexity index is 380. The molecule has 18 heavy (non-hydrogen) atoms. The highest BCUT2D eigenvalue weighted by Gasteiger charge is 2.27. The lowest BCUT2D eigenvalue weighted by molar-refractivity contribution is -0.121. The van der Waals surface area contributed by atoms with E-state index in [9.17, 15) is 9.59 Å². The zero-order chi connectivity index (χ0) is 13.1. The van der Waals surface area contributed by atoms with Crippen LogP contribution in [0.2, 0.25) is 0 Å². The largest absolute Gasteiger partial charge is 0.348 e. The second-order valence-electron chi connectivity index (χ2n) is 5.20. The number of hydrazone groups is 1. The van der Waals surface area contributed by atoms with Crippen LogP contribution in [0, 0.1) is 5.92 Å². The number of hydrogen-bond donors (Lipinski definition) is 2. The van der Waals surface area contributed by atoms with E-state index < -0.39 is 0 Å². The molecule has 6 nitrogen and oxygen atoms in total. The van der Waals surface area contributed by atoms with Crippen LogP contribution in [-0.4, -0.2) is 48.6 Å². The molecule has 0 saturated carbocycles. The molecule has 2 amide bonds. The quantitative estimate of drug-likeness (QED) is 0.709. The smallest absolute Gasteiger partial charge is 0.267 e. The van der Waals surface area contributed by atoms with Crippen molar-refractivity contribution in [2.24, 2.45) is 11.0 Å². The van der Waals surface area contributed by atoms with Gasteiger partial charge in [0.2, 0.25) is 5.91 Å². The molecule has 0 aliphatic carbocycles. The van der Waals surface area contributed by atoms with Crippen molar-refractivity contribution >= 4 is 17.5 Å². The first-order valence-corrected chi connectivity index (χ1v) is 6.41. The van der Waals surface area contributed by atoms with Crippen LogP contribution < -0.4 is 10.7 Å². The van der Waals surface area contributed by atoms with E-state index in [2.05, 4.69) is 34.7 Å². The predicted octanol–water partition coefficient (Wildman–Crippen LogP) is -0.291. The van der Waals surface area contributed by atoms with Crippen LogP contribution in [0.25, 0.3) is 0 Å². The first-order valence-electron chi connectivity index (χ1n) is 6.41. The Morgan fingerprint density at radius 1 is 1.50 bits per heavy atom. The normalized spacial score (nSPS) is 29.4. The van der Waals surface area contributed by atoms with Crippen molar-refractivity contribution in [3.8, 4) is 0 Å². The summed E-state index contributed by atoms with van der Waals surface area (Å²) in [5.74, 6) is 0.169. The van der Waals surface area contributed by atoms with Gasteiger partial charge in [0, 0.05) is 25.4 Å². The summed E-state index contributed by atoms with van der Waals surface area (Å²) in [5.41, 5.74) is 2.78. The van der Waals surface area contributed by atoms with E-state index in [1.807, 2.05) is 0 Å². The molecule has 2 atom stereocenters. The number of carbonyl (C=O) groups excluding carboxylic acids is 2. The van der Waals surface area contributed by atoms with E-state index >= 15 is 0 Å². The van der Waals surface area contributed by atoms with Gasteiger partial charge in [-0.25, -0.2) is 5.43 Å². The SMILES string of the molecule is CC1CN(C)CCC1NC(=O)C1=NNC(=O)CC1. The summed E-state index contributed by atoms with van der Waals surface area (Å²) in [6, 6.07) is 0.203. The minimum absolute atomic E-state index is 0.126. The van der Waals surface area contributed by atoms with Gasteiger partial charge in [-0.3, -0.25) is 9.59 Å². The number of rotatable bonds is 2. The van der Waals surface area contributed by atoms with Gasteiger partial charge < -0.3 is 10.2 Å². The number of hydrogen-bond acceptors (Lipinski definition) is 4. The summed E-state index contributed by atoms with van der Waals surface area (Å²) < 4.78 is 0. The van der Waals surface area contributed by atoms with E-state index in [4.69, 9.17) is 0 Å². The highest BCUT2D eigenvalue weighted by Crippen LogP contribution is 2.15. The van der Waals surface area contributed by atoms with Gasteiger partial charge in [-0.05, 0) is 25.9 Å². The summed E-state index contributed by atoms with van der Waals surface area (Å²) in [5, 5.41) is 6.84. The van der Waals surface area contributed by atoms with Crippen molar-refractivity contribution in [2.75, 3.05) is 20.1 Å². The third-order valence-corrected chi connectivity index (χ3v) is 3.59. The number of piperidine rings is 1. The van der Waals surface area contributed by atoms with E-state index in [1.54, 1.807) is 0 Å². The van der Waals surface area contributed by atoms with Crippen molar-refractivity contribution in [1.82, 2.24) is 15.6 Å². The van der Waals surface area contributed by atoms with Crippen LogP contribution in [0.1, 0.15) is 26.2 Å². The molecule has 0 spiro atoms. The highest BCUT2D eigenvalue weighted by atomic mass is 16.2. The van der Waals surface area contributed by atoms with Crippen molar-refractivity contribution in [3.05, 3.63) is 0 Å². The highest BCUT2D eigenvalue weighted by molar-refractivity contribution is 6.39. The van der Waals surface area contributed by atoms with E-state index in [1.165, 1.54) is 0 Å². The first-order chi connectivity index (χ1) is 8.56. The average Bonchev–Trinajstić information content (AvgIpc) is 2.33. The molecule has 2 unspecified atom stereocenters. The van der Waals surface area contributed by atoms with Crippen molar-refractivity contribution in [1.29, 1.82) is 0 Å². The molecule has 1 saturated heterocycles. The zero-order valence-electron chi connectivity index (χ0n) is 10.9. The van der Waals surface area contributed by atoms with Crippen LogP contribution >= 0.6 is 0 Å². The third kappa shape index (κ3) is 3.07. The Hall–Kier alpha value is -1.43. The van der Waals surface area contributed by atoms with Crippen LogP contribution in [0.15, 0.2) is 5.10 Å². The van der Waals surface area contributed by atoms with Gasteiger partial charge in [0.05, 0.1) is 0 Å². The second-order valence-corrected chi connectivity index (χ2v) is 5.20. The van der Waals surface area contributed by atoms with Gasteiger partial charge in [0.15, 0.2) is 0 Å². The Balaban J connectivity index is 1.89. The van der Waals surface area contributed by atoms with Crippen molar-refractivity contribution in [2.45, 2.75) is 32.2 Å². The third-order valence-electron chi connectivity index (χ3n) is 3.59. The molecule has 2 rings (SSSR count). The molecule has 2 aliphatic heterocycles. The summed E-state index contributed by atoms with van der Waals surface area (Å²) in [6.07, 6.45) is 1.73. The Morgan fingerprint density at radius 3 is 2.89 bits per heavy atom. The summed E-state index contributed by atoms with van der Waals surface area (Å²) in [7, 11) is 2.09. The van der Waals surface area contributed by atoms with Gasteiger partial charge in [-0.15, -0.1) is 0 Å². The topological polar surface area (TPSA) is 73.8 Å². The van der Waals surface area contributed by atoms with E-state index in [-0.39, 0.29) is 17.9 Å². The number of likely N-dealkylation sites (tertiary alicyclic amines) is 1. The lowest BCUT2D eigenvalue weighted by Gasteiger charge is -2.35. The van der Waals surface area contributed by atoms with E-state index in [0.29, 0.717) is 24.5 Å². The standard InChI is InChI=1S/C12H20N4O2/c1-8-7-16(2)6-5-9(8)13-12(18)10-3-4-11(17)15-14-10/h8-9H,3-7H2,1-2H3,(H,13,18)(H,15,17). The molecule has 1 fully saturated rings. The molecule has 0 aromatic carbocycles. The zero-order valence-corrected chi connectivity index (χ0v) is 10.9. The lowest BCUT2D eigenvalue weighted by Crippen LogP contribution is -2.51. The van der Waals surface area contributed by atoms with Crippen molar-refractivity contribution in [3.63, 3.8) is 0 Å². The molecule has 100 valence electrons. The van der Waals surface area contributed by atoms with Gasteiger partial charge in [0.1, 0.15) is 5.71 Å². The number of amides is 2. The average molecular weight is 252 g/mol. The van der Waals surface area contributed by atoms with Gasteiger partial charge >= 0.3 is 0 Å². The fourth-order valence-electron chi connectivity index (χ4n) is 2.46. The van der Waals surface area contributed by atoms with Gasteiger partial charge in [-0.2, -0.15) is 5.10 Å². The molecule has 0 radical (unpaired) electrons. The molecule has 0 bridgehead atoms. The Morgan fingerprint density at radius 2 is 2.28 bits per heavy atom. The number of carbonyl (C=O) groups is 2. The summed E-state index contributed by atoms with van der Waals surface area (Å²) in [4.78, 5) is 25.2. The Kier molecular flexibility index (Phi) is 3.96. The maximum absolute atomic E-state index is 12.0. The van der Waals surface area contributed by atoms with Crippen molar-refractivity contribution < 1.29 is 9.59 Å². The van der Waals surface area contributed by atoms with Gasteiger partial charge in [0.25, 0.3) is 5.91 Å². The molecule has 6 heteroatoms. The maximum atomic E-state index is 12.0. The maximum Gasteiger partial charge on any atom is 0.267 e. The fourth-order valence-corrected chi connectivity index (χ4v) is 2.46. The molecule has 2 N–H and O–H groups in total. The predicted molar refractivity (Wildman–Crippen MR) is 68.0 cm³/mol. The summed E-state index contributed by atoms with van der Waals surface area (Å²) in [6.45, 7) is 4.14. The second kappa shape index (κ2) is 5.48. The fraction of sp³-hybridized carbons (Fsp3) is 0.750.